The maximum atomic E-state index is 11.3. The summed E-state index contributed by atoms with van der Waals surface area (Å²) in [5, 5.41) is 0. The van der Waals surface area contributed by atoms with Gasteiger partial charge in [0.25, 0.3) is 0 Å². The fourth-order valence-corrected chi connectivity index (χ4v) is 1.96. The summed E-state index contributed by atoms with van der Waals surface area (Å²) < 4.78 is 16.0. The van der Waals surface area contributed by atoms with Crippen molar-refractivity contribution in [3.63, 3.8) is 0 Å². The van der Waals surface area contributed by atoms with Gasteiger partial charge < -0.3 is 14.2 Å². The lowest BCUT2D eigenvalue weighted by molar-refractivity contribution is -0.155. The van der Waals surface area contributed by atoms with Crippen LogP contribution >= 0.6 is 0 Å². The second kappa shape index (κ2) is 4.88. The molecule has 0 radical (unpaired) electrons. The van der Waals surface area contributed by atoms with E-state index in [0.29, 0.717) is 12.8 Å². The summed E-state index contributed by atoms with van der Waals surface area (Å²) in [4.78, 5) is 11.3. The number of esters is 1. The standard InChI is InChI=1S/C14H18O4/c1-4-13(15)18-14(2,3)8-10-5-6-11-12(7-10)17-9-16-11/h5-7H,4,8-9H2,1-3H3. The first-order valence-corrected chi connectivity index (χ1v) is 6.10. The predicted molar refractivity (Wildman–Crippen MR) is 66.7 cm³/mol. The van der Waals surface area contributed by atoms with Crippen LogP contribution in [0.3, 0.4) is 0 Å². The maximum absolute atomic E-state index is 11.3. The first kappa shape index (κ1) is 12.7. The third kappa shape index (κ3) is 2.94. The Balaban J connectivity index is 2.06. The number of benzene rings is 1. The zero-order valence-corrected chi connectivity index (χ0v) is 11.0. The van der Waals surface area contributed by atoms with Crippen molar-refractivity contribution in [1.82, 2.24) is 0 Å². The van der Waals surface area contributed by atoms with Crippen LogP contribution in [0.4, 0.5) is 0 Å². The minimum absolute atomic E-state index is 0.180. The summed E-state index contributed by atoms with van der Waals surface area (Å²) >= 11 is 0. The van der Waals surface area contributed by atoms with E-state index in [4.69, 9.17) is 14.2 Å². The highest BCUT2D eigenvalue weighted by molar-refractivity contribution is 5.69. The SMILES string of the molecule is CCC(=O)OC(C)(C)Cc1ccc2c(c1)OCO2. The van der Waals surface area contributed by atoms with Gasteiger partial charge in [0.05, 0.1) is 0 Å². The quantitative estimate of drug-likeness (QED) is 0.771. The van der Waals surface area contributed by atoms with Crippen LogP contribution in [0.15, 0.2) is 18.2 Å². The molecule has 1 aromatic carbocycles. The number of hydrogen-bond donors (Lipinski definition) is 0. The monoisotopic (exact) mass is 250 g/mol. The Morgan fingerprint density at radius 2 is 2.06 bits per heavy atom. The molecule has 4 heteroatoms. The van der Waals surface area contributed by atoms with Crippen LogP contribution in [0.2, 0.25) is 0 Å². The molecule has 0 atom stereocenters. The van der Waals surface area contributed by atoms with Crippen LogP contribution in [-0.4, -0.2) is 18.4 Å². The number of hydrogen-bond acceptors (Lipinski definition) is 4. The zero-order chi connectivity index (χ0) is 13.2. The maximum Gasteiger partial charge on any atom is 0.306 e. The van der Waals surface area contributed by atoms with Crippen molar-refractivity contribution in [1.29, 1.82) is 0 Å². The van der Waals surface area contributed by atoms with Crippen LogP contribution in [0.25, 0.3) is 0 Å². The molecule has 0 unspecified atom stereocenters. The largest absolute Gasteiger partial charge is 0.459 e. The van der Waals surface area contributed by atoms with E-state index in [1.807, 2.05) is 32.0 Å². The molecule has 0 amide bonds. The first-order chi connectivity index (χ1) is 8.50. The molecule has 0 spiro atoms. The van der Waals surface area contributed by atoms with E-state index in [1.54, 1.807) is 6.92 Å². The van der Waals surface area contributed by atoms with Gasteiger partial charge in [0, 0.05) is 12.8 Å². The molecular weight excluding hydrogens is 232 g/mol. The van der Waals surface area contributed by atoms with Gasteiger partial charge in [-0.15, -0.1) is 0 Å². The van der Waals surface area contributed by atoms with Crippen LogP contribution in [0.1, 0.15) is 32.8 Å². The molecule has 18 heavy (non-hydrogen) atoms. The highest BCUT2D eigenvalue weighted by Crippen LogP contribution is 2.33. The topological polar surface area (TPSA) is 44.8 Å². The van der Waals surface area contributed by atoms with Gasteiger partial charge in [0.1, 0.15) is 5.60 Å². The van der Waals surface area contributed by atoms with E-state index in [9.17, 15) is 4.79 Å². The Kier molecular flexibility index (Phi) is 3.45. The van der Waals surface area contributed by atoms with Gasteiger partial charge in [-0.05, 0) is 31.5 Å². The van der Waals surface area contributed by atoms with Gasteiger partial charge in [-0.2, -0.15) is 0 Å². The summed E-state index contributed by atoms with van der Waals surface area (Å²) in [5.41, 5.74) is 0.550. The van der Waals surface area contributed by atoms with Crippen LogP contribution < -0.4 is 9.47 Å². The molecule has 4 nitrogen and oxygen atoms in total. The molecule has 0 saturated heterocycles. The van der Waals surface area contributed by atoms with E-state index >= 15 is 0 Å². The van der Waals surface area contributed by atoms with E-state index in [1.165, 1.54) is 0 Å². The summed E-state index contributed by atoms with van der Waals surface area (Å²) in [6, 6.07) is 5.79. The lowest BCUT2D eigenvalue weighted by atomic mass is 9.98. The van der Waals surface area contributed by atoms with E-state index in [-0.39, 0.29) is 12.8 Å². The molecule has 0 bridgehead atoms. The number of carbonyl (C=O) groups excluding carboxylic acids is 1. The first-order valence-electron chi connectivity index (χ1n) is 6.10. The number of fused-ring (bicyclic) bond motifs is 1. The highest BCUT2D eigenvalue weighted by atomic mass is 16.7. The normalized spacial score (nSPS) is 13.5. The van der Waals surface area contributed by atoms with Gasteiger partial charge in [-0.25, -0.2) is 0 Å². The second-order valence-corrected chi connectivity index (χ2v) is 4.95. The Morgan fingerprint density at radius 3 is 2.78 bits per heavy atom. The molecule has 0 fully saturated rings. The highest BCUT2D eigenvalue weighted by Gasteiger charge is 2.24. The predicted octanol–water partition coefficient (Wildman–Crippen LogP) is 2.69. The van der Waals surface area contributed by atoms with Crippen molar-refractivity contribution in [2.45, 2.75) is 39.2 Å². The third-order valence-electron chi connectivity index (χ3n) is 2.75. The second-order valence-electron chi connectivity index (χ2n) is 4.95. The lowest BCUT2D eigenvalue weighted by Crippen LogP contribution is -2.30. The van der Waals surface area contributed by atoms with Gasteiger partial charge in [0.2, 0.25) is 6.79 Å². The molecular formula is C14H18O4. The van der Waals surface area contributed by atoms with Crippen molar-refractivity contribution >= 4 is 5.97 Å². The van der Waals surface area contributed by atoms with Gasteiger partial charge in [-0.3, -0.25) is 4.79 Å². The Morgan fingerprint density at radius 1 is 1.33 bits per heavy atom. The summed E-state index contributed by atoms with van der Waals surface area (Å²) in [6.07, 6.45) is 1.04. The molecule has 0 N–H and O–H groups in total. The van der Waals surface area contributed by atoms with Crippen molar-refractivity contribution in [2.75, 3.05) is 6.79 Å². The van der Waals surface area contributed by atoms with E-state index < -0.39 is 5.60 Å². The molecule has 0 saturated carbocycles. The molecule has 1 aromatic rings. The van der Waals surface area contributed by atoms with Gasteiger partial charge in [0.15, 0.2) is 11.5 Å². The van der Waals surface area contributed by atoms with Gasteiger partial charge >= 0.3 is 5.97 Å². The minimum Gasteiger partial charge on any atom is -0.459 e. The van der Waals surface area contributed by atoms with E-state index in [2.05, 4.69) is 0 Å². The fraction of sp³-hybridized carbons (Fsp3) is 0.500. The molecule has 0 aliphatic carbocycles. The summed E-state index contributed by atoms with van der Waals surface area (Å²) in [7, 11) is 0. The molecule has 0 aromatic heterocycles. The smallest absolute Gasteiger partial charge is 0.306 e. The minimum atomic E-state index is -0.513. The molecule has 2 rings (SSSR count). The van der Waals surface area contributed by atoms with E-state index in [0.717, 1.165) is 17.1 Å². The van der Waals surface area contributed by atoms with Crippen LogP contribution in [0, 0.1) is 0 Å². The summed E-state index contributed by atoms with van der Waals surface area (Å²) in [5.74, 6) is 1.34. The van der Waals surface area contributed by atoms with Crippen molar-refractivity contribution in [3.8, 4) is 11.5 Å². The zero-order valence-electron chi connectivity index (χ0n) is 11.0. The Bertz CT molecular complexity index is 451. The molecule has 1 heterocycles. The lowest BCUT2D eigenvalue weighted by Gasteiger charge is -2.25. The Hall–Kier alpha value is -1.71. The fourth-order valence-electron chi connectivity index (χ4n) is 1.96. The number of carbonyl (C=O) groups is 1. The van der Waals surface area contributed by atoms with Crippen LogP contribution in [-0.2, 0) is 16.0 Å². The van der Waals surface area contributed by atoms with Gasteiger partial charge in [-0.1, -0.05) is 13.0 Å². The third-order valence-corrected chi connectivity index (χ3v) is 2.75. The Labute approximate surface area is 107 Å². The number of ether oxygens (including phenoxy) is 3. The van der Waals surface area contributed by atoms with Crippen molar-refractivity contribution in [3.05, 3.63) is 23.8 Å². The average Bonchev–Trinajstić information content (AvgIpc) is 2.74. The summed E-state index contributed by atoms with van der Waals surface area (Å²) in [6.45, 7) is 5.88. The molecule has 1 aliphatic rings. The molecule has 98 valence electrons. The van der Waals surface area contributed by atoms with Crippen LogP contribution in [0.5, 0.6) is 11.5 Å². The van der Waals surface area contributed by atoms with Crippen molar-refractivity contribution < 1.29 is 19.0 Å². The van der Waals surface area contributed by atoms with Crippen molar-refractivity contribution in [2.24, 2.45) is 0 Å². The molecule has 1 aliphatic heterocycles. The number of rotatable bonds is 4. The average molecular weight is 250 g/mol.